The van der Waals surface area contributed by atoms with Crippen LogP contribution in [0, 0.1) is 62.3 Å². The van der Waals surface area contributed by atoms with E-state index in [4.69, 9.17) is 0 Å². The minimum atomic E-state index is -0.369. The van der Waals surface area contributed by atoms with E-state index in [1.165, 1.54) is 154 Å². The number of rotatable bonds is 12. The third-order valence-electron chi connectivity index (χ3n) is 28.6. The summed E-state index contributed by atoms with van der Waals surface area (Å²) in [6.07, 6.45) is 0. The number of aromatic nitrogens is 2. The molecule has 9 nitrogen and oxygen atoms in total. The van der Waals surface area contributed by atoms with Crippen LogP contribution in [0.1, 0.15) is 50.1 Å². The van der Waals surface area contributed by atoms with Gasteiger partial charge in [-0.1, -0.05) is 247 Å². The molecule has 0 spiro atoms. The van der Waals surface area contributed by atoms with Crippen LogP contribution in [0.15, 0.2) is 364 Å². The Bertz CT molecular complexity index is 8000. The lowest BCUT2D eigenvalue weighted by atomic mass is 9.29. The monoisotopic (exact) mass is 1650 g/mol. The van der Waals surface area contributed by atoms with Crippen LogP contribution < -0.4 is 83.9 Å². The molecular weight excluding hydrogens is 1560 g/mol. The van der Waals surface area contributed by atoms with Gasteiger partial charge in [0.05, 0.1) is 45.2 Å². The predicted molar refractivity (Wildman–Crippen MR) is 550 cm³/mol. The first-order valence-electron chi connectivity index (χ1n) is 45.3. The molecule has 20 aromatic rings. The summed E-state index contributed by atoms with van der Waals surface area (Å²) in [6.45, 7) is 20.0. The van der Waals surface area contributed by atoms with Gasteiger partial charge in [0.15, 0.2) is 0 Å². The van der Waals surface area contributed by atoms with E-state index in [1.807, 2.05) is 0 Å². The van der Waals surface area contributed by atoms with Crippen molar-refractivity contribution in [2.75, 3.05) is 34.7 Å². The van der Waals surface area contributed by atoms with Gasteiger partial charge >= 0.3 is 0 Å². The summed E-state index contributed by atoms with van der Waals surface area (Å²) in [5.41, 5.74) is 51.4. The quantitative estimate of drug-likeness (QED) is 0.122. The van der Waals surface area contributed by atoms with Gasteiger partial charge in [0.25, 0.3) is 20.1 Å². The maximum atomic E-state index is 4.43. The molecule has 18 aromatic carbocycles. The number of para-hydroxylation sites is 10. The van der Waals surface area contributed by atoms with Crippen LogP contribution in [0.25, 0.3) is 55.0 Å². The first-order valence-corrected chi connectivity index (χ1v) is 45.3. The fourth-order valence-corrected chi connectivity index (χ4v) is 24.1. The fourth-order valence-electron chi connectivity index (χ4n) is 24.1. The van der Waals surface area contributed by atoms with Crippen molar-refractivity contribution < 1.29 is 0 Å². The van der Waals surface area contributed by atoms with E-state index in [0.29, 0.717) is 0 Å². The van der Waals surface area contributed by atoms with Gasteiger partial charge in [-0.2, -0.15) is 0 Å². The van der Waals surface area contributed by atoms with E-state index in [9.17, 15) is 0 Å². The molecule has 610 valence electrons. The molecule has 6 aliphatic rings. The molecule has 0 atom stereocenters. The van der Waals surface area contributed by atoms with Crippen molar-refractivity contribution in [2.24, 2.45) is 0 Å². The van der Waals surface area contributed by atoms with Gasteiger partial charge in [0.2, 0.25) is 0 Å². The Balaban J connectivity index is 0.824. The molecule has 0 radical (unpaired) electrons. The standard InChI is InChI=1S/C117H88B3N9/c1-70-54-73(4)113(74(5)55-70)127-102-68-98-94(118-92-50-32-48-90-88-46-28-30-52-100(88)125(116(90)92)105-61-85(60-99(121-98)110(105)118)122(79-34-16-10-17-35-79)80-36-18-11-19-37-80)66-95(102)120-97-67-96-103(69-104(97)129(115-77(8)58-72(3)59-78(115)9)109-65-87(64-108(127)112(109)120)124(83-42-24-14-25-43-83)84-44-26-15-27-45-84)128(114-75(6)56-71(2)57-76(114)7)107-63-86(123(81-38-20-12-21-39-81)82-40-22-13-23-41-82)62-106-111(107)119(96)93-51-33-49-91-89-47-29-31-53-101(89)126(106)117(91)93/h10-69,121H,1-9H3. The minimum absolute atomic E-state index is 0.206. The van der Waals surface area contributed by atoms with Crippen molar-refractivity contribution in [2.45, 2.75) is 62.3 Å². The zero-order chi connectivity index (χ0) is 86.2. The molecule has 12 heteroatoms. The van der Waals surface area contributed by atoms with E-state index in [0.717, 1.165) is 114 Å². The lowest BCUT2D eigenvalue weighted by Gasteiger charge is -2.48. The second-order valence-electron chi connectivity index (χ2n) is 36.6. The molecule has 0 saturated heterocycles. The molecular formula is C117H88B3N9. The van der Waals surface area contributed by atoms with Crippen LogP contribution >= 0.6 is 0 Å². The van der Waals surface area contributed by atoms with Crippen LogP contribution in [0.4, 0.5) is 114 Å². The normalized spacial score (nSPS) is 13.1. The van der Waals surface area contributed by atoms with E-state index < -0.39 is 0 Å². The Morgan fingerprint density at radius 3 is 0.868 bits per heavy atom. The molecule has 2 aromatic heterocycles. The van der Waals surface area contributed by atoms with Gasteiger partial charge in [-0.25, -0.2) is 0 Å². The fraction of sp³-hybridized carbons (Fsp3) is 0.0769. The molecule has 1 N–H and O–H groups in total. The predicted octanol–water partition coefficient (Wildman–Crippen LogP) is 24.6. The Morgan fingerprint density at radius 1 is 0.209 bits per heavy atom. The number of hydrogen-bond acceptors (Lipinski definition) is 7. The van der Waals surface area contributed by atoms with Crippen molar-refractivity contribution in [1.29, 1.82) is 0 Å². The minimum Gasteiger partial charge on any atom is -0.356 e. The molecule has 8 heterocycles. The maximum Gasteiger partial charge on any atom is 0.252 e. The summed E-state index contributed by atoms with van der Waals surface area (Å²) in [4.78, 5) is 15.6. The summed E-state index contributed by atoms with van der Waals surface area (Å²) >= 11 is 0. The lowest BCUT2D eigenvalue weighted by molar-refractivity contribution is 1.15. The number of nitrogens with zero attached hydrogens (tertiary/aromatic N) is 8. The van der Waals surface area contributed by atoms with E-state index >= 15 is 0 Å². The first kappa shape index (κ1) is 74.8. The highest BCUT2D eigenvalue weighted by atomic mass is 15.2. The second kappa shape index (κ2) is 28.2. The van der Waals surface area contributed by atoms with Crippen LogP contribution in [0.5, 0.6) is 0 Å². The molecule has 0 unspecified atom stereocenters. The van der Waals surface area contributed by atoms with Gasteiger partial charge in [0.1, 0.15) is 0 Å². The zero-order valence-corrected chi connectivity index (χ0v) is 73.5. The maximum absolute atomic E-state index is 4.43. The van der Waals surface area contributed by atoms with E-state index in [-0.39, 0.29) is 20.1 Å². The van der Waals surface area contributed by atoms with Gasteiger partial charge in [-0.15, -0.1) is 0 Å². The smallest absolute Gasteiger partial charge is 0.252 e. The number of fused-ring (bicyclic) bond motifs is 18. The SMILES string of the molecule is Cc1cc(C)c(N2c3cc4c(cc3B3c5cc6c(cc5N(c5c(C)cc(C)cc5C)c5cc(N(c7ccccc7)c7ccccc7)cc2c53)N(c2c(C)cc(C)cc2C)c2cc(N(c3ccccc3)c3ccccc3)cc3c2B6c2cccc5c6ccccc6n-3c25)B2c3c(cc(N(c5ccccc5)c5ccccc5)cc3-n3c5ccccc5c5cccc2c53)N4)c(C)c1. The Kier molecular flexibility index (Phi) is 16.3. The highest BCUT2D eigenvalue weighted by Crippen LogP contribution is 2.55. The van der Waals surface area contributed by atoms with Crippen molar-refractivity contribution >= 4 is 227 Å². The Morgan fingerprint density at radius 2 is 0.496 bits per heavy atom. The van der Waals surface area contributed by atoms with Crippen molar-refractivity contribution in [3.63, 3.8) is 0 Å². The average Bonchev–Trinajstić information content (AvgIpc) is 1.59. The third-order valence-corrected chi connectivity index (χ3v) is 28.6. The summed E-state index contributed by atoms with van der Waals surface area (Å²) in [6, 6.07) is 139. The van der Waals surface area contributed by atoms with Gasteiger partial charge < -0.3 is 43.9 Å². The number of aryl methyl sites for hydroxylation is 9. The Hall–Kier alpha value is -15.6. The summed E-state index contributed by atoms with van der Waals surface area (Å²) in [7, 11) is 0. The van der Waals surface area contributed by atoms with Crippen molar-refractivity contribution in [3.8, 4) is 11.4 Å². The number of hydrogen-bond donors (Lipinski definition) is 1. The van der Waals surface area contributed by atoms with E-state index in [1.54, 1.807) is 0 Å². The van der Waals surface area contributed by atoms with Gasteiger partial charge in [-0.3, -0.25) is 0 Å². The van der Waals surface area contributed by atoms with Crippen LogP contribution in [-0.2, 0) is 0 Å². The second-order valence-corrected chi connectivity index (χ2v) is 36.6. The van der Waals surface area contributed by atoms with Gasteiger partial charge in [-0.05, 0) is 278 Å². The van der Waals surface area contributed by atoms with Crippen LogP contribution in [0.2, 0.25) is 0 Å². The highest BCUT2D eigenvalue weighted by molar-refractivity contribution is 7.04. The number of nitrogens with one attached hydrogen (secondary N) is 1. The van der Waals surface area contributed by atoms with Crippen LogP contribution in [-0.4, -0.2) is 29.3 Å². The highest BCUT2D eigenvalue weighted by Gasteiger charge is 2.52. The van der Waals surface area contributed by atoms with Crippen molar-refractivity contribution in [1.82, 2.24) is 9.13 Å². The van der Waals surface area contributed by atoms with E-state index in [2.05, 4.69) is 470 Å². The topological polar surface area (TPSA) is 41.3 Å². The van der Waals surface area contributed by atoms with Crippen LogP contribution in [0.3, 0.4) is 0 Å². The zero-order valence-electron chi connectivity index (χ0n) is 73.5. The number of anilines is 20. The molecule has 6 aliphatic heterocycles. The molecule has 0 fully saturated rings. The average molecular weight is 1650 g/mol. The molecule has 0 saturated carbocycles. The van der Waals surface area contributed by atoms with Gasteiger partial charge in [0, 0.05) is 124 Å². The third kappa shape index (κ3) is 10.9. The lowest BCUT2D eigenvalue weighted by Crippen LogP contribution is -2.66. The molecule has 129 heavy (non-hydrogen) atoms. The summed E-state index contributed by atoms with van der Waals surface area (Å²) < 4.78 is 5.24. The first-order chi connectivity index (χ1) is 63.2. The Labute approximate surface area is 753 Å². The largest absolute Gasteiger partial charge is 0.356 e. The number of benzene rings is 18. The van der Waals surface area contributed by atoms with Crippen molar-refractivity contribution in [3.05, 3.63) is 414 Å². The molecule has 0 bridgehead atoms. The molecule has 26 rings (SSSR count). The molecule has 0 amide bonds. The summed E-state index contributed by atoms with van der Waals surface area (Å²) in [5.74, 6) is 0. The molecule has 0 aliphatic carbocycles. The summed E-state index contributed by atoms with van der Waals surface area (Å²) in [5, 5.41) is 9.39.